The van der Waals surface area contributed by atoms with Crippen LogP contribution >= 0.6 is 11.6 Å². The molecule has 0 saturated heterocycles. The Morgan fingerprint density at radius 1 is 0.806 bits per heavy atom. The Bertz CT molecular complexity index is 1020. The van der Waals surface area contributed by atoms with E-state index in [2.05, 4.69) is 5.32 Å². The Hall–Kier alpha value is -3.44. The van der Waals surface area contributed by atoms with E-state index in [1.165, 1.54) is 0 Å². The van der Waals surface area contributed by atoms with Crippen molar-refractivity contribution in [2.24, 2.45) is 0 Å². The van der Waals surface area contributed by atoms with Crippen LogP contribution in [0.1, 0.15) is 15.9 Å². The van der Waals surface area contributed by atoms with Gasteiger partial charge in [0.2, 0.25) is 5.91 Å². The lowest BCUT2D eigenvalue weighted by Crippen LogP contribution is -2.44. The Kier molecular flexibility index (Phi) is 7.96. The van der Waals surface area contributed by atoms with E-state index >= 15 is 0 Å². The van der Waals surface area contributed by atoms with E-state index in [0.717, 1.165) is 16.7 Å². The van der Waals surface area contributed by atoms with Crippen molar-refractivity contribution in [3.05, 3.63) is 96.1 Å². The maximum absolute atomic E-state index is 12.5. The van der Waals surface area contributed by atoms with Gasteiger partial charge in [-0.15, -0.1) is 11.6 Å². The van der Waals surface area contributed by atoms with Gasteiger partial charge in [-0.1, -0.05) is 84.9 Å². The second kappa shape index (κ2) is 11.1. The van der Waals surface area contributed by atoms with Crippen LogP contribution in [0, 0.1) is 0 Å². The normalized spacial score (nSPS) is 11.4. The first-order chi connectivity index (χ1) is 15.1. The highest BCUT2D eigenvalue weighted by Gasteiger charge is 2.23. The first-order valence-electron chi connectivity index (χ1n) is 9.81. The number of carbonyl (C=O) groups excluding carboxylic acids is 3. The van der Waals surface area contributed by atoms with E-state index < -0.39 is 24.5 Å². The number of hydrogen-bond donors (Lipinski definition) is 1. The van der Waals surface area contributed by atoms with Crippen molar-refractivity contribution in [2.75, 3.05) is 12.5 Å². The Labute approximate surface area is 186 Å². The number of alkyl halides is 1. The van der Waals surface area contributed by atoms with Crippen molar-refractivity contribution >= 4 is 29.3 Å². The summed E-state index contributed by atoms with van der Waals surface area (Å²) >= 11 is 5.55. The lowest BCUT2D eigenvalue weighted by atomic mass is 10.0. The number of ether oxygens (including phenoxy) is 1. The zero-order valence-corrected chi connectivity index (χ0v) is 17.5. The molecule has 0 heterocycles. The van der Waals surface area contributed by atoms with Gasteiger partial charge in [-0.25, -0.2) is 4.79 Å². The number of amides is 1. The quantitative estimate of drug-likeness (QED) is 0.313. The van der Waals surface area contributed by atoms with Crippen molar-refractivity contribution in [3.63, 3.8) is 0 Å². The van der Waals surface area contributed by atoms with Crippen LogP contribution in [0.25, 0.3) is 11.1 Å². The summed E-state index contributed by atoms with van der Waals surface area (Å²) in [6.07, 6.45) is 0.238. The molecule has 0 aliphatic rings. The van der Waals surface area contributed by atoms with Crippen LogP contribution < -0.4 is 5.32 Å². The van der Waals surface area contributed by atoms with Gasteiger partial charge in [0.25, 0.3) is 0 Å². The molecule has 1 atom stereocenters. The summed E-state index contributed by atoms with van der Waals surface area (Å²) in [5, 5.41) is 2.55. The van der Waals surface area contributed by atoms with Crippen LogP contribution in [0.15, 0.2) is 84.9 Å². The highest BCUT2D eigenvalue weighted by atomic mass is 35.5. The summed E-state index contributed by atoms with van der Waals surface area (Å²) in [6, 6.07) is 25.2. The van der Waals surface area contributed by atoms with Gasteiger partial charge in [-0.3, -0.25) is 9.59 Å². The number of ketones is 1. The Morgan fingerprint density at radius 2 is 1.39 bits per heavy atom. The predicted molar refractivity (Wildman–Crippen MR) is 120 cm³/mol. The van der Waals surface area contributed by atoms with Crippen LogP contribution in [0.5, 0.6) is 0 Å². The highest BCUT2D eigenvalue weighted by molar-refractivity contribution is 6.27. The molecular formula is C25H22ClNO4. The zero-order valence-electron chi connectivity index (χ0n) is 16.8. The molecule has 6 heteroatoms. The summed E-state index contributed by atoms with van der Waals surface area (Å²) in [4.78, 5) is 36.7. The summed E-state index contributed by atoms with van der Waals surface area (Å²) in [5.41, 5.74) is 3.33. The molecule has 31 heavy (non-hydrogen) atoms. The number of rotatable bonds is 9. The van der Waals surface area contributed by atoms with Gasteiger partial charge in [0, 0.05) is 12.0 Å². The monoisotopic (exact) mass is 435 g/mol. The minimum atomic E-state index is -0.929. The number of nitrogens with one attached hydrogen (secondary N) is 1. The van der Waals surface area contributed by atoms with Gasteiger partial charge in [0.05, 0.1) is 0 Å². The molecule has 3 aromatic rings. The summed E-state index contributed by atoms with van der Waals surface area (Å²) in [7, 11) is 0. The van der Waals surface area contributed by atoms with Crippen LogP contribution in [0.2, 0.25) is 0 Å². The third kappa shape index (κ3) is 6.52. The molecule has 0 fully saturated rings. The van der Waals surface area contributed by atoms with Gasteiger partial charge in [0.1, 0.15) is 11.9 Å². The second-order valence-corrected chi connectivity index (χ2v) is 7.18. The standard InChI is InChI=1S/C25H22ClNO4/c26-16-24(29)27-22(15-18-7-3-1-4-8-18)25(30)31-17-23(28)21-13-11-20(12-14-21)19-9-5-2-6-10-19/h1-14,22H,15-17H2,(H,27,29)/t22-/m0/s1. The number of Topliss-reactive ketones (excluding diaryl/α,β-unsaturated/α-hetero) is 1. The van der Waals surface area contributed by atoms with E-state index in [0.29, 0.717) is 5.56 Å². The van der Waals surface area contributed by atoms with Crippen molar-refractivity contribution in [3.8, 4) is 11.1 Å². The molecule has 5 nitrogen and oxygen atoms in total. The smallest absolute Gasteiger partial charge is 0.329 e. The van der Waals surface area contributed by atoms with Crippen molar-refractivity contribution < 1.29 is 19.1 Å². The van der Waals surface area contributed by atoms with E-state index in [9.17, 15) is 14.4 Å². The first-order valence-corrected chi connectivity index (χ1v) is 10.3. The number of esters is 1. The van der Waals surface area contributed by atoms with Gasteiger partial charge in [0.15, 0.2) is 12.4 Å². The molecule has 3 rings (SSSR count). The van der Waals surface area contributed by atoms with Crippen molar-refractivity contribution in [1.82, 2.24) is 5.32 Å². The Balaban J connectivity index is 1.61. The minimum Gasteiger partial charge on any atom is -0.456 e. The van der Waals surface area contributed by atoms with Crippen molar-refractivity contribution in [1.29, 1.82) is 0 Å². The maximum atomic E-state index is 12.5. The lowest BCUT2D eigenvalue weighted by molar-refractivity contribution is -0.146. The molecule has 158 valence electrons. The average Bonchev–Trinajstić information content (AvgIpc) is 2.83. The van der Waals surface area contributed by atoms with Gasteiger partial charge in [-0.2, -0.15) is 0 Å². The minimum absolute atomic E-state index is 0.238. The van der Waals surface area contributed by atoms with Gasteiger partial charge < -0.3 is 10.1 Å². The fourth-order valence-electron chi connectivity index (χ4n) is 3.08. The topological polar surface area (TPSA) is 72.5 Å². The maximum Gasteiger partial charge on any atom is 0.329 e. The third-order valence-corrected chi connectivity index (χ3v) is 4.93. The van der Waals surface area contributed by atoms with Crippen LogP contribution in [-0.4, -0.2) is 36.2 Å². The molecule has 0 aliphatic carbocycles. The molecule has 1 amide bonds. The Morgan fingerprint density at radius 3 is 2.00 bits per heavy atom. The first kappa shape index (κ1) is 22.2. The zero-order chi connectivity index (χ0) is 22.1. The SMILES string of the molecule is O=C(CCl)N[C@@H](Cc1ccccc1)C(=O)OCC(=O)c1ccc(-c2ccccc2)cc1. The van der Waals surface area contributed by atoms with E-state index in [4.69, 9.17) is 16.3 Å². The number of hydrogen-bond acceptors (Lipinski definition) is 4. The molecule has 3 aromatic carbocycles. The molecule has 0 aromatic heterocycles. The average molecular weight is 436 g/mol. The molecule has 0 saturated carbocycles. The molecule has 0 unspecified atom stereocenters. The fraction of sp³-hybridized carbons (Fsp3) is 0.160. The molecule has 1 N–H and O–H groups in total. The molecule has 0 spiro atoms. The molecular weight excluding hydrogens is 414 g/mol. The van der Waals surface area contributed by atoms with E-state index in [1.807, 2.05) is 72.8 Å². The third-order valence-electron chi connectivity index (χ3n) is 4.68. The van der Waals surface area contributed by atoms with Crippen LogP contribution in [0.4, 0.5) is 0 Å². The van der Waals surface area contributed by atoms with E-state index in [1.54, 1.807) is 12.1 Å². The second-order valence-electron chi connectivity index (χ2n) is 6.92. The molecule has 0 bridgehead atoms. The van der Waals surface area contributed by atoms with Crippen molar-refractivity contribution in [2.45, 2.75) is 12.5 Å². The number of halogens is 1. The molecule has 0 radical (unpaired) electrons. The van der Waals surface area contributed by atoms with Gasteiger partial charge >= 0.3 is 5.97 Å². The van der Waals surface area contributed by atoms with Crippen LogP contribution in [-0.2, 0) is 20.7 Å². The summed E-state index contributed by atoms with van der Waals surface area (Å²) < 4.78 is 5.21. The summed E-state index contributed by atoms with van der Waals surface area (Å²) in [6.45, 7) is -0.411. The van der Waals surface area contributed by atoms with E-state index in [-0.39, 0.29) is 18.1 Å². The fourth-order valence-corrected chi connectivity index (χ4v) is 3.15. The largest absolute Gasteiger partial charge is 0.456 e. The number of benzene rings is 3. The van der Waals surface area contributed by atoms with Crippen LogP contribution in [0.3, 0.4) is 0 Å². The predicted octanol–water partition coefficient (Wildman–Crippen LogP) is 4.05. The highest BCUT2D eigenvalue weighted by Crippen LogP contribution is 2.19. The van der Waals surface area contributed by atoms with Gasteiger partial charge in [-0.05, 0) is 16.7 Å². The lowest BCUT2D eigenvalue weighted by Gasteiger charge is -2.17. The summed E-state index contributed by atoms with van der Waals surface area (Å²) in [5.74, 6) is -1.76. The molecule has 0 aliphatic heterocycles. The number of carbonyl (C=O) groups is 3.